The number of hydrogen-bond donors (Lipinski definition) is 2. The Balaban J connectivity index is 1.31. The van der Waals surface area contributed by atoms with E-state index in [1.807, 2.05) is 44.2 Å². The van der Waals surface area contributed by atoms with Gasteiger partial charge >= 0.3 is 0 Å². The largest absolute Gasteiger partial charge is 0.372 e. The molecule has 2 unspecified atom stereocenters. The predicted octanol–water partition coefficient (Wildman–Crippen LogP) is 4.51. The molecule has 1 heterocycles. The molecule has 2 aliphatic rings. The summed E-state index contributed by atoms with van der Waals surface area (Å²) in [6.45, 7) is 6.16. The zero-order valence-corrected chi connectivity index (χ0v) is 17.2. The molecule has 1 aliphatic heterocycles. The number of piperidine rings is 1. The number of carbonyl (C=O) groups excluding carboxylic acids is 2. The average molecular weight is 392 g/mol. The Hall–Kier alpha value is -2.82. The van der Waals surface area contributed by atoms with Crippen LogP contribution in [0.4, 0.5) is 17.1 Å². The molecule has 1 saturated carbocycles. The van der Waals surface area contributed by atoms with Crippen LogP contribution in [0.1, 0.15) is 36.8 Å². The number of rotatable bonds is 5. The van der Waals surface area contributed by atoms with Crippen molar-refractivity contribution >= 4 is 28.9 Å². The lowest BCUT2D eigenvalue weighted by Gasteiger charge is -2.28. The molecule has 4 rings (SSSR count). The number of nitrogens with one attached hydrogen (secondary N) is 2. The second-order valence-corrected chi connectivity index (χ2v) is 8.29. The van der Waals surface area contributed by atoms with Crippen LogP contribution in [0.3, 0.4) is 0 Å². The zero-order chi connectivity index (χ0) is 20.4. The molecule has 2 fully saturated rings. The van der Waals surface area contributed by atoms with Crippen LogP contribution in [0.2, 0.25) is 0 Å². The van der Waals surface area contributed by atoms with Gasteiger partial charge in [-0.25, -0.2) is 0 Å². The molecule has 2 amide bonds. The van der Waals surface area contributed by atoms with E-state index in [2.05, 4.69) is 27.7 Å². The quantitative estimate of drug-likeness (QED) is 0.788. The first-order chi connectivity index (χ1) is 14.0. The molecule has 0 radical (unpaired) electrons. The van der Waals surface area contributed by atoms with Gasteiger partial charge in [0.25, 0.3) is 0 Å². The lowest BCUT2D eigenvalue weighted by atomic mass is 10.1. The highest BCUT2D eigenvalue weighted by Crippen LogP contribution is 2.40. The van der Waals surface area contributed by atoms with Crippen molar-refractivity contribution in [2.75, 3.05) is 28.6 Å². The van der Waals surface area contributed by atoms with Crippen LogP contribution in [0.5, 0.6) is 0 Å². The highest BCUT2D eigenvalue weighted by Gasteiger charge is 2.48. The fourth-order valence-corrected chi connectivity index (χ4v) is 4.14. The summed E-state index contributed by atoms with van der Waals surface area (Å²) >= 11 is 0. The molecule has 1 aliphatic carbocycles. The Bertz CT molecular complexity index is 881. The van der Waals surface area contributed by atoms with Gasteiger partial charge in [0.05, 0.1) is 11.8 Å². The number of para-hydroxylation sites is 1. The summed E-state index contributed by atoms with van der Waals surface area (Å²) in [6, 6.07) is 14.0. The van der Waals surface area contributed by atoms with E-state index in [-0.39, 0.29) is 23.7 Å². The second kappa shape index (κ2) is 8.27. The van der Waals surface area contributed by atoms with Crippen LogP contribution in [-0.4, -0.2) is 24.9 Å². The minimum absolute atomic E-state index is 0.0667. The number of aryl methyl sites for hydroxylation is 2. The normalized spacial score (nSPS) is 20.8. The van der Waals surface area contributed by atoms with Crippen molar-refractivity contribution in [3.63, 3.8) is 0 Å². The fourth-order valence-electron chi connectivity index (χ4n) is 4.14. The molecule has 152 valence electrons. The molecular weight excluding hydrogens is 362 g/mol. The molecule has 1 saturated heterocycles. The maximum atomic E-state index is 12.6. The third-order valence-corrected chi connectivity index (χ3v) is 6.05. The van der Waals surface area contributed by atoms with Gasteiger partial charge < -0.3 is 15.5 Å². The van der Waals surface area contributed by atoms with Gasteiger partial charge in [0.1, 0.15) is 0 Å². The molecule has 2 atom stereocenters. The summed E-state index contributed by atoms with van der Waals surface area (Å²) in [7, 11) is 0. The standard InChI is InChI=1S/C24H29N3O2/c1-16-7-6-8-17(2)22(16)26-24(29)21-15-20(21)23(28)25-18-9-11-19(12-10-18)27-13-4-3-5-14-27/h6-12,20-21H,3-5,13-15H2,1-2H3,(H,25,28)(H,26,29). The first-order valence-corrected chi connectivity index (χ1v) is 10.6. The first-order valence-electron chi connectivity index (χ1n) is 10.6. The van der Waals surface area contributed by atoms with E-state index in [1.165, 1.54) is 24.9 Å². The van der Waals surface area contributed by atoms with Crippen molar-refractivity contribution in [1.82, 2.24) is 0 Å². The van der Waals surface area contributed by atoms with Gasteiger partial charge in [-0.3, -0.25) is 9.59 Å². The molecular formula is C24H29N3O2. The zero-order valence-electron chi connectivity index (χ0n) is 17.2. The molecule has 5 nitrogen and oxygen atoms in total. The van der Waals surface area contributed by atoms with Crippen molar-refractivity contribution in [3.8, 4) is 0 Å². The number of hydrogen-bond acceptors (Lipinski definition) is 3. The van der Waals surface area contributed by atoms with Crippen LogP contribution < -0.4 is 15.5 Å². The van der Waals surface area contributed by atoms with E-state index in [1.54, 1.807) is 0 Å². The van der Waals surface area contributed by atoms with E-state index in [9.17, 15) is 9.59 Å². The van der Waals surface area contributed by atoms with E-state index in [0.29, 0.717) is 6.42 Å². The Labute approximate surface area is 172 Å². The Morgan fingerprint density at radius 3 is 2.03 bits per heavy atom. The minimum atomic E-state index is -0.249. The topological polar surface area (TPSA) is 61.4 Å². The third kappa shape index (κ3) is 4.44. The number of carbonyl (C=O) groups is 2. The number of nitrogens with zero attached hydrogens (tertiary/aromatic N) is 1. The summed E-state index contributed by atoms with van der Waals surface area (Å²) in [5.74, 6) is -0.636. The number of benzene rings is 2. The number of amides is 2. The summed E-state index contributed by atoms with van der Waals surface area (Å²) in [5, 5.41) is 5.98. The maximum absolute atomic E-state index is 12.6. The van der Waals surface area contributed by atoms with Crippen molar-refractivity contribution < 1.29 is 9.59 Å². The molecule has 5 heteroatoms. The second-order valence-electron chi connectivity index (χ2n) is 8.29. The van der Waals surface area contributed by atoms with Crippen molar-refractivity contribution in [2.24, 2.45) is 11.8 Å². The SMILES string of the molecule is Cc1cccc(C)c1NC(=O)C1CC1C(=O)Nc1ccc(N2CCCCC2)cc1. The Kier molecular flexibility index (Phi) is 5.56. The van der Waals surface area contributed by atoms with E-state index in [0.717, 1.165) is 35.6 Å². The summed E-state index contributed by atoms with van der Waals surface area (Å²) < 4.78 is 0. The minimum Gasteiger partial charge on any atom is -0.372 e. The van der Waals surface area contributed by atoms with Crippen molar-refractivity contribution in [2.45, 2.75) is 39.5 Å². The molecule has 2 N–H and O–H groups in total. The highest BCUT2D eigenvalue weighted by atomic mass is 16.2. The van der Waals surface area contributed by atoms with Crippen molar-refractivity contribution in [3.05, 3.63) is 53.6 Å². The smallest absolute Gasteiger partial charge is 0.228 e. The van der Waals surface area contributed by atoms with Gasteiger partial charge in [0.2, 0.25) is 11.8 Å². The van der Waals surface area contributed by atoms with Gasteiger partial charge in [-0.2, -0.15) is 0 Å². The summed E-state index contributed by atoms with van der Waals surface area (Å²) in [6.07, 6.45) is 4.40. The van der Waals surface area contributed by atoms with Gasteiger partial charge in [0, 0.05) is 30.2 Å². The molecule has 0 spiro atoms. The highest BCUT2D eigenvalue weighted by molar-refractivity contribution is 6.03. The van der Waals surface area contributed by atoms with Crippen molar-refractivity contribution in [1.29, 1.82) is 0 Å². The molecule has 29 heavy (non-hydrogen) atoms. The molecule has 2 aromatic rings. The predicted molar refractivity (Wildman–Crippen MR) is 117 cm³/mol. The average Bonchev–Trinajstić information content (AvgIpc) is 3.53. The van der Waals surface area contributed by atoms with Gasteiger partial charge in [-0.05, 0) is 74.9 Å². The molecule has 2 aromatic carbocycles. The molecule has 0 bridgehead atoms. The monoisotopic (exact) mass is 391 g/mol. The van der Waals surface area contributed by atoms with E-state index < -0.39 is 0 Å². The Morgan fingerprint density at radius 1 is 0.828 bits per heavy atom. The summed E-state index contributed by atoms with van der Waals surface area (Å²) in [5.41, 5.74) is 4.93. The maximum Gasteiger partial charge on any atom is 0.228 e. The van der Waals surface area contributed by atoms with Crippen LogP contribution in [0.15, 0.2) is 42.5 Å². The van der Waals surface area contributed by atoms with Crippen LogP contribution in [-0.2, 0) is 9.59 Å². The fraction of sp³-hybridized carbons (Fsp3) is 0.417. The first kappa shape index (κ1) is 19.5. The van der Waals surface area contributed by atoms with Gasteiger partial charge in [-0.1, -0.05) is 18.2 Å². The number of anilines is 3. The lowest BCUT2D eigenvalue weighted by Crippen LogP contribution is -2.29. The lowest BCUT2D eigenvalue weighted by molar-refractivity contribution is -0.122. The van der Waals surface area contributed by atoms with Gasteiger partial charge in [0.15, 0.2) is 0 Å². The van der Waals surface area contributed by atoms with Crippen LogP contribution >= 0.6 is 0 Å². The third-order valence-electron chi connectivity index (χ3n) is 6.05. The summed E-state index contributed by atoms with van der Waals surface area (Å²) in [4.78, 5) is 27.5. The Morgan fingerprint density at radius 2 is 1.41 bits per heavy atom. The van der Waals surface area contributed by atoms with E-state index >= 15 is 0 Å². The molecule has 0 aromatic heterocycles. The van der Waals surface area contributed by atoms with Crippen LogP contribution in [0.25, 0.3) is 0 Å². The van der Waals surface area contributed by atoms with Crippen LogP contribution in [0, 0.1) is 25.7 Å². The van der Waals surface area contributed by atoms with E-state index in [4.69, 9.17) is 0 Å². The van der Waals surface area contributed by atoms with Gasteiger partial charge in [-0.15, -0.1) is 0 Å².